The van der Waals surface area contributed by atoms with Crippen LogP contribution in [0.25, 0.3) is 0 Å². The first-order valence-corrected chi connectivity index (χ1v) is 11.9. The Kier molecular flexibility index (Phi) is 6.30. The lowest BCUT2D eigenvalue weighted by Crippen LogP contribution is -2.41. The van der Waals surface area contributed by atoms with Gasteiger partial charge in [-0.3, -0.25) is 4.90 Å². The maximum atomic E-state index is 12.4. The summed E-state index contributed by atoms with van der Waals surface area (Å²) in [6, 6.07) is 18.9. The Morgan fingerprint density at radius 1 is 1.15 bits per heavy atom. The van der Waals surface area contributed by atoms with E-state index in [1.165, 1.54) is 18.2 Å². The summed E-state index contributed by atoms with van der Waals surface area (Å²) in [5, 5.41) is 3.54. The highest BCUT2D eigenvalue weighted by Crippen LogP contribution is 2.53. The second kappa shape index (κ2) is 9.37. The van der Waals surface area contributed by atoms with Gasteiger partial charge in [-0.05, 0) is 30.5 Å². The lowest BCUT2D eigenvalue weighted by atomic mass is 9.73. The van der Waals surface area contributed by atoms with Gasteiger partial charge in [-0.1, -0.05) is 60.7 Å². The maximum absolute atomic E-state index is 12.4. The lowest BCUT2D eigenvalue weighted by molar-refractivity contribution is -0.138. The number of nitrogens with zero attached hydrogens (tertiary/aromatic N) is 1. The van der Waals surface area contributed by atoms with Gasteiger partial charge in [0.15, 0.2) is 5.79 Å². The molecule has 6 nitrogen and oxygen atoms in total. The van der Waals surface area contributed by atoms with E-state index < -0.39 is 5.79 Å². The molecular formula is C28H32N2O4. The average Bonchev–Trinajstić information content (AvgIpc) is 3.53. The standard InChI is InChI=1S/C28H32N2O4/c1-27(33-17-18-34-27)14-8-13-25-28(15-16-30(25)20-21-9-4-3-5-10-21)22-11-6-7-12-23(22)29-24(28)19-26(31)32-2/h3-13,19,25,29H,14-18,20H2,1-2H3/b13-8+,24-19-. The van der Waals surface area contributed by atoms with E-state index in [2.05, 4.69) is 64.8 Å². The Morgan fingerprint density at radius 3 is 2.65 bits per heavy atom. The summed E-state index contributed by atoms with van der Waals surface area (Å²) in [7, 11) is 1.42. The molecule has 3 heterocycles. The molecule has 0 amide bonds. The number of para-hydroxylation sites is 1. The van der Waals surface area contributed by atoms with Gasteiger partial charge in [0.1, 0.15) is 0 Å². The van der Waals surface area contributed by atoms with Crippen LogP contribution in [0.5, 0.6) is 0 Å². The van der Waals surface area contributed by atoms with Crippen LogP contribution < -0.4 is 5.32 Å². The van der Waals surface area contributed by atoms with Crippen molar-refractivity contribution in [2.45, 2.75) is 43.6 Å². The van der Waals surface area contributed by atoms with Gasteiger partial charge in [0.25, 0.3) is 0 Å². The van der Waals surface area contributed by atoms with Gasteiger partial charge in [0, 0.05) is 43.0 Å². The summed E-state index contributed by atoms with van der Waals surface area (Å²) in [4.78, 5) is 14.9. The molecule has 2 fully saturated rings. The van der Waals surface area contributed by atoms with E-state index in [4.69, 9.17) is 14.2 Å². The third kappa shape index (κ3) is 4.17. The van der Waals surface area contributed by atoms with Crippen molar-refractivity contribution in [1.82, 2.24) is 4.90 Å². The summed E-state index contributed by atoms with van der Waals surface area (Å²) < 4.78 is 16.6. The van der Waals surface area contributed by atoms with Crippen LogP contribution in [-0.4, -0.2) is 49.6 Å². The molecular weight excluding hydrogens is 428 g/mol. The highest BCUT2D eigenvalue weighted by atomic mass is 16.7. The molecule has 2 saturated heterocycles. The number of fused-ring (bicyclic) bond motifs is 2. The third-order valence-electron chi connectivity index (χ3n) is 7.25. The van der Waals surface area contributed by atoms with Crippen molar-refractivity contribution in [2.75, 3.05) is 32.2 Å². The van der Waals surface area contributed by atoms with Crippen LogP contribution in [0.2, 0.25) is 0 Å². The van der Waals surface area contributed by atoms with E-state index >= 15 is 0 Å². The fourth-order valence-electron chi connectivity index (χ4n) is 5.60. The number of likely N-dealkylation sites (tertiary alicyclic amines) is 1. The third-order valence-corrected chi connectivity index (χ3v) is 7.25. The molecule has 2 aromatic carbocycles. The highest BCUT2D eigenvalue weighted by molar-refractivity contribution is 5.86. The molecule has 2 unspecified atom stereocenters. The van der Waals surface area contributed by atoms with E-state index in [0.29, 0.717) is 19.6 Å². The minimum atomic E-state index is -0.580. The number of esters is 1. The molecule has 0 radical (unpaired) electrons. The van der Waals surface area contributed by atoms with Crippen LogP contribution in [0.3, 0.4) is 0 Å². The molecule has 5 rings (SSSR count). The van der Waals surface area contributed by atoms with Gasteiger partial charge in [-0.15, -0.1) is 0 Å². The van der Waals surface area contributed by atoms with Crippen molar-refractivity contribution in [1.29, 1.82) is 0 Å². The first-order valence-electron chi connectivity index (χ1n) is 11.9. The average molecular weight is 461 g/mol. The zero-order valence-electron chi connectivity index (χ0n) is 19.8. The predicted octanol–water partition coefficient (Wildman–Crippen LogP) is 4.39. The summed E-state index contributed by atoms with van der Waals surface area (Å²) in [6.07, 6.45) is 7.64. The van der Waals surface area contributed by atoms with E-state index in [1.807, 2.05) is 19.1 Å². The van der Waals surface area contributed by atoms with E-state index in [0.717, 1.165) is 30.9 Å². The number of ether oxygens (including phenoxy) is 3. The van der Waals surface area contributed by atoms with Gasteiger partial charge in [0.2, 0.25) is 0 Å². The molecule has 1 spiro atoms. The number of anilines is 1. The Bertz CT molecular complexity index is 1090. The fourth-order valence-corrected chi connectivity index (χ4v) is 5.60. The van der Waals surface area contributed by atoms with Gasteiger partial charge in [-0.2, -0.15) is 0 Å². The predicted molar refractivity (Wildman–Crippen MR) is 131 cm³/mol. The summed E-state index contributed by atoms with van der Waals surface area (Å²) >= 11 is 0. The minimum Gasteiger partial charge on any atom is -0.466 e. The van der Waals surface area contributed by atoms with Gasteiger partial charge < -0.3 is 19.5 Å². The smallest absolute Gasteiger partial charge is 0.332 e. The largest absolute Gasteiger partial charge is 0.466 e. The zero-order chi connectivity index (χ0) is 23.6. The summed E-state index contributed by atoms with van der Waals surface area (Å²) in [5.74, 6) is -0.928. The highest BCUT2D eigenvalue weighted by Gasteiger charge is 2.54. The Morgan fingerprint density at radius 2 is 1.88 bits per heavy atom. The molecule has 0 bridgehead atoms. The number of carbonyl (C=O) groups is 1. The van der Waals surface area contributed by atoms with Gasteiger partial charge in [-0.25, -0.2) is 4.79 Å². The van der Waals surface area contributed by atoms with Crippen LogP contribution in [0.1, 0.15) is 30.9 Å². The SMILES string of the molecule is COC(=O)/C=C1\Nc2ccccc2C12CCN(Cc1ccccc1)C2/C=C/CC1(C)OCCO1. The number of nitrogens with one attached hydrogen (secondary N) is 1. The van der Waals surface area contributed by atoms with Crippen molar-refractivity contribution in [2.24, 2.45) is 0 Å². The van der Waals surface area contributed by atoms with Crippen LogP contribution in [-0.2, 0) is 31.0 Å². The van der Waals surface area contributed by atoms with E-state index in [9.17, 15) is 4.79 Å². The minimum absolute atomic E-state index is 0.0461. The van der Waals surface area contributed by atoms with Crippen molar-refractivity contribution >= 4 is 11.7 Å². The molecule has 0 saturated carbocycles. The molecule has 2 aromatic rings. The lowest BCUT2D eigenvalue weighted by Gasteiger charge is -2.35. The topological polar surface area (TPSA) is 60.0 Å². The first-order chi connectivity index (χ1) is 16.5. The molecule has 34 heavy (non-hydrogen) atoms. The van der Waals surface area contributed by atoms with Crippen molar-refractivity contribution in [3.8, 4) is 0 Å². The van der Waals surface area contributed by atoms with Crippen molar-refractivity contribution in [3.05, 3.63) is 89.6 Å². The number of benzene rings is 2. The molecule has 0 aliphatic carbocycles. The fraction of sp³-hybridized carbons (Fsp3) is 0.393. The normalized spacial score (nSPS) is 26.9. The number of hydrogen-bond acceptors (Lipinski definition) is 6. The first kappa shape index (κ1) is 22.8. The molecule has 3 aliphatic rings. The maximum Gasteiger partial charge on any atom is 0.332 e. The molecule has 3 aliphatic heterocycles. The molecule has 178 valence electrons. The molecule has 6 heteroatoms. The summed E-state index contributed by atoms with van der Waals surface area (Å²) in [6.45, 7) is 4.98. The zero-order valence-corrected chi connectivity index (χ0v) is 19.8. The number of carbonyl (C=O) groups excluding carboxylic acids is 1. The monoisotopic (exact) mass is 460 g/mol. The molecule has 2 atom stereocenters. The molecule has 1 N–H and O–H groups in total. The van der Waals surface area contributed by atoms with Gasteiger partial charge >= 0.3 is 5.97 Å². The molecule has 0 aromatic heterocycles. The second-order valence-electron chi connectivity index (χ2n) is 9.34. The number of methoxy groups -OCH3 is 1. The van der Waals surface area contributed by atoms with Crippen LogP contribution in [0.15, 0.2) is 78.5 Å². The Labute approximate surface area is 201 Å². The van der Waals surface area contributed by atoms with Crippen LogP contribution >= 0.6 is 0 Å². The van der Waals surface area contributed by atoms with E-state index in [-0.39, 0.29) is 17.4 Å². The van der Waals surface area contributed by atoms with Crippen LogP contribution in [0.4, 0.5) is 5.69 Å². The number of hydrogen-bond donors (Lipinski definition) is 1. The van der Waals surface area contributed by atoms with Gasteiger partial charge in [0.05, 0.1) is 25.7 Å². The number of rotatable bonds is 6. The van der Waals surface area contributed by atoms with E-state index in [1.54, 1.807) is 6.08 Å². The van der Waals surface area contributed by atoms with Crippen LogP contribution in [0, 0.1) is 0 Å². The van der Waals surface area contributed by atoms with Crippen molar-refractivity contribution in [3.63, 3.8) is 0 Å². The second-order valence-corrected chi connectivity index (χ2v) is 9.34. The Balaban J connectivity index is 1.55. The van der Waals surface area contributed by atoms with Crippen molar-refractivity contribution < 1.29 is 19.0 Å². The quantitative estimate of drug-likeness (QED) is 0.392. The Hall–Kier alpha value is -2.93. The summed E-state index contributed by atoms with van der Waals surface area (Å²) in [5.41, 5.74) is 4.06.